The van der Waals surface area contributed by atoms with Crippen molar-refractivity contribution >= 4 is 5.97 Å². The molecule has 0 amide bonds. The topological polar surface area (TPSA) is 55.8 Å². The van der Waals surface area contributed by atoms with Crippen LogP contribution in [0.25, 0.3) is 0 Å². The van der Waals surface area contributed by atoms with Gasteiger partial charge in [0.25, 0.3) is 0 Å². The highest BCUT2D eigenvalue weighted by Gasteiger charge is 2.13. The van der Waals surface area contributed by atoms with Crippen molar-refractivity contribution in [1.29, 1.82) is 0 Å². The second-order valence-electron chi connectivity index (χ2n) is 11.6. The summed E-state index contributed by atoms with van der Waals surface area (Å²) in [6.07, 6.45) is 52.0. The number of carbonyl (C=O) groups excluding carboxylic acids is 1. The van der Waals surface area contributed by atoms with Gasteiger partial charge in [-0.15, -0.1) is 0 Å². The van der Waals surface area contributed by atoms with Crippen molar-refractivity contribution in [3.05, 3.63) is 85.1 Å². The Kier molecular flexibility index (Phi) is 35.7. The van der Waals surface area contributed by atoms with Gasteiger partial charge < -0.3 is 14.6 Å². The molecule has 0 aromatic rings. The van der Waals surface area contributed by atoms with Crippen molar-refractivity contribution in [2.75, 3.05) is 19.8 Å². The number of rotatable bonds is 32. The molecule has 0 fully saturated rings. The molecule has 0 heterocycles. The van der Waals surface area contributed by atoms with Gasteiger partial charge in [-0.3, -0.25) is 4.79 Å². The molecule has 0 saturated heterocycles. The zero-order valence-electron chi connectivity index (χ0n) is 29.1. The van der Waals surface area contributed by atoms with E-state index in [0.29, 0.717) is 13.0 Å². The molecule has 0 aromatic carbocycles. The van der Waals surface area contributed by atoms with Crippen LogP contribution >= 0.6 is 0 Å². The molecule has 0 aliphatic carbocycles. The lowest BCUT2D eigenvalue weighted by Gasteiger charge is -2.15. The van der Waals surface area contributed by atoms with E-state index in [4.69, 9.17) is 9.47 Å². The average molecular weight is 625 g/mol. The highest BCUT2D eigenvalue weighted by molar-refractivity contribution is 5.69. The van der Waals surface area contributed by atoms with Gasteiger partial charge in [-0.25, -0.2) is 0 Å². The van der Waals surface area contributed by atoms with Crippen LogP contribution in [-0.4, -0.2) is 37.0 Å². The average Bonchev–Trinajstić information content (AvgIpc) is 3.05. The number of carbonyl (C=O) groups is 1. The molecule has 4 heteroatoms. The number of hydrogen-bond donors (Lipinski definition) is 1. The first-order valence-corrected chi connectivity index (χ1v) is 18.2. The van der Waals surface area contributed by atoms with Gasteiger partial charge in [0.05, 0.1) is 13.2 Å². The number of aliphatic hydroxyl groups excluding tert-OH is 1. The Balaban J connectivity index is 3.60. The second-order valence-corrected chi connectivity index (χ2v) is 11.6. The van der Waals surface area contributed by atoms with E-state index in [9.17, 15) is 9.90 Å². The third kappa shape index (κ3) is 35.9. The molecule has 4 nitrogen and oxygen atoms in total. The van der Waals surface area contributed by atoms with Crippen LogP contribution in [0.2, 0.25) is 0 Å². The summed E-state index contributed by atoms with van der Waals surface area (Å²) in [5.41, 5.74) is 0. The van der Waals surface area contributed by atoms with E-state index in [1.54, 1.807) is 0 Å². The molecular weight excluding hydrogens is 556 g/mol. The first kappa shape index (κ1) is 42.6. The maximum absolute atomic E-state index is 12.1. The monoisotopic (exact) mass is 625 g/mol. The van der Waals surface area contributed by atoms with Gasteiger partial charge in [0.1, 0.15) is 6.10 Å². The van der Waals surface area contributed by atoms with Crippen molar-refractivity contribution in [1.82, 2.24) is 0 Å². The number of allylic oxidation sites excluding steroid dienone is 14. The minimum atomic E-state index is -0.574. The van der Waals surface area contributed by atoms with Crippen molar-refractivity contribution in [2.24, 2.45) is 0 Å². The Morgan fingerprint density at radius 1 is 0.556 bits per heavy atom. The number of aliphatic hydroxyl groups is 1. The Labute approximate surface area is 278 Å². The molecule has 1 N–H and O–H groups in total. The highest BCUT2D eigenvalue weighted by atomic mass is 16.6. The lowest BCUT2D eigenvalue weighted by Crippen LogP contribution is -2.27. The third-order valence-electron chi connectivity index (χ3n) is 7.20. The van der Waals surface area contributed by atoms with E-state index in [-0.39, 0.29) is 19.2 Å². The molecule has 0 rings (SSSR count). The molecule has 1 unspecified atom stereocenters. The Bertz CT molecular complexity index is 830. The van der Waals surface area contributed by atoms with Gasteiger partial charge in [-0.1, -0.05) is 137 Å². The lowest BCUT2D eigenvalue weighted by atomic mass is 10.1. The van der Waals surface area contributed by atoms with Crippen LogP contribution < -0.4 is 0 Å². The first-order valence-electron chi connectivity index (χ1n) is 18.2. The lowest BCUT2D eigenvalue weighted by molar-refractivity contribution is -0.154. The number of hydrogen-bond acceptors (Lipinski definition) is 4. The van der Waals surface area contributed by atoms with Crippen molar-refractivity contribution in [3.63, 3.8) is 0 Å². The number of ether oxygens (including phenoxy) is 2. The molecule has 0 radical (unpaired) electrons. The summed E-state index contributed by atoms with van der Waals surface area (Å²) in [4.78, 5) is 12.1. The van der Waals surface area contributed by atoms with E-state index >= 15 is 0 Å². The van der Waals surface area contributed by atoms with Crippen LogP contribution in [0.15, 0.2) is 85.1 Å². The smallest absolute Gasteiger partial charge is 0.306 e. The second kappa shape index (κ2) is 37.8. The first-order chi connectivity index (χ1) is 22.2. The Hall–Kier alpha value is -2.43. The van der Waals surface area contributed by atoms with Crippen LogP contribution in [0.3, 0.4) is 0 Å². The molecule has 0 saturated carbocycles. The summed E-state index contributed by atoms with van der Waals surface area (Å²) >= 11 is 0. The van der Waals surface area contributed by atoms with Gasteiger partial charge in [0.2, 0.25) is 0 Å². The van der Waals surface area contributed by atoms with Crippen molar-refractivity contribution < 1.29 is 19.4 Å². The minimum absolute atomic E-state index is 0.204. The molecule has 1 atom stereocenters. The fourth-order valence-corrected chi connectivity index (χ4v) is 4.51. The Morgan fingerprint density at radius 2 is 1.00 bits per heavy atom. The van der Waals surface area contributed by atoms with Crippen LogP contribution in [0, 0.1) is 0 Å². The summed E-state index contributed by atoms with van der Waals surface area (Å²) in [5.74, 6) is -0.236. The minimum Gasteiger partial charge on any atom is -0.457 e. The summed E-state index contributed by atoms with van der Waals surface area (Å²) in [6.45, 7) is 5.03. The van der Waals surface area contributed by atoms with Crippen LogP contribution in [0.1, 0.15) is 142 Å². The van der Waals surface area contributed by atoms with Gasteiger partial charge >= 0.3 is 5.97 Å². The van der Waals surface area contributed by atoms with Gasteiger partial charge in [0, 0.05) is 13.0 Å². The SMILES string of the molecule is CC/C=C\C/C=C\C/C=C\C/C=C\CCCOCC(CO)OC(=O)CCCCCCCC/C=C\C/C=C\C/C=C\CCCCC. The van der Waals surface area contributed by atoms with Crippen molar-refractivity contribution in [2.45, 2.75) is 148 Å². The summed E-state index contributed by atoms with van der Waals surface area (Å²) in [7, 11) is 0. The maximum atomic E-state index is 12.1. The summed E-state index contributed by atoms with van der Waals surface area (Å²) < 4.78 is 11.0. The molecule has 0 aromatic heterocycles. The molecule has 0 aliphatic rings. The molecular formula is C41H68O4. The van der Waals surface area contributed by atoms with E-state index in [1.165, 1.54) is 44.9 Å². The van der Waals surface area contributed by atoms with Gasteiger partial charge in [-0.2, -0.15) is 0 Å². The largest absolute Gasteiger partial charge is 0.457 e. The zero-order chi connectivity index (χ0) is 32.7. The fourth-order valence-electron chi connectivity index (χ4n) is 4.51. The molecule has 0 bridgehead atoms. The van der Waals surface area contributed by atoms with Crippen LogP contribution in [0.4, 0.5) is 0 Å². The van der Waals surface area contributed by atoms with Crippen LogP contribution in [0.5, 0.6) is 0 Å². The van der Waals surface area contributed by atoms with Gasteiger partial charge in [0.15, 0.2) is 0 Å². The van der Waals surface area contributed by atoms with E-state index in [0.717, 1.165) is 77.0 Å². The standard InChI is InChI=1S/C41H68O4/c1-3-5-7-9-11-13-15-17-19-20-21-22-23-24-26-28-30-32-34-36-41(43)45-40(38-42)39-44-37-35-33-31-29-27-25-18-16-14-12-10-8-6-4-2/h6,8,11-14,17-19,21-22,25,29,31,40,42H,3-5,7,9-10,15-16,20,23-24,26-28,30,32-39H2,1-2H3/b8-6-,13-11-,14-12-,19-17-,22-21-,25-18-,31-29-. The third-order valence-corrected chi connectivity index (χ3v) is 7.20. The summed E-state index contributed by atoms with van der Waals surface area (Å²) in [5, 5.41) is 9.54. The fraction of sp³-hybridized carbons (Fsp3) is 0.634. The predicted molar refractivity (Wildman–Crippen MR) is 195 cm³/mol. The highest BCUT2D eigenvalue weighted by Crippen LogP contribution is 2.10. The van der Waals surface area contributed by atoms with Crippen LogP contribution in [-0.2, 0) is 14.3 Å². The maximum Gasteiger partial charge on any atom is 0.306 e. The molecule has 256 valence electrons. The Morgan fingerprint density at radius 3 is 1.51 bits per heavy atom. The van der Waals surface area contributed by atoms with E-state index in [2.05, 4.69) is 98.9 Å². The van der Waals surface area contributed by atoms with Crippen molar-refractivity contribution in [3.8, 4) is 0 Å². The quantitative estimate of drug-likeness (QED) is 0.0459. The van der Waals surface area contributed by atoms with E-state index < -0.39 is 6.10 Å². The predicted octanol–water partition coefficient (Wildman–Crippen LogP) is 11.6. The van der Waals surface area contributed by atoms with E-state index in [1.807, 2.05) is 0 Å². The molecule has 0 spiro atoms. The number of esters is 1. The normalized spacial score (nSPS) is 13.4. The van der Waals surface area contributed by atoms with Gasteiger partial charge in [-0.05, 0) is 83.5 Å². The summed E-state index contributed by atoms with van der Waals surface area (Å²) in [6, 6.07) is 0. The molecule has 0 aliphatic heterocycles. The zero-order valence-corrected chi connectivity index (χ0v) is 29.1. The number of unbranched alkanes of at least 4 members (excludes halogenated alkanes) is 10. The molecule has 45 heavy (non-hydrogen) atoms.